The summed E-state index contributed by atoms with van der Waals surface area (Å²) < 4.78 is 2.89. The van der Waals surface area contributed by atoms with Crippen LogP contribution in [-0.2, 0) is 0 Å². The highest BCUT2D eigenvalue weighted by molar-refractivity contribution is 8.34. The van der Waals surface area contributed by atoms with Gasteiger partial charge in [-0.2, -0.15) is 0 Å². The van der Waals surface area contributed by atoms with Gasteiger partial charge in [0.15, 0.2) is 0 Å². The van der Waals surface area contributed by atoms with Crippen molar-refractivity contribution in [3.05, 3.63) is 28.1 Å². The predicted octanol–water partition coefficient (Wildman–Crippen LogP) is 13.5. The lowest BCUT2D eigenvalue weighted by Gasteiger charge is -2.38. The molecule has 0 saturated heterocycles. The van der Waals surface area contributed by atoms with Crippen LogP contribution >= 0.6 is 47.0 Å². The molecule has 0 N–H and O–H groups in total. The molecule has 2 heterocycles. The summed E-state index contributed by atoms with van der Waals surface area (Å²) in [4.78, 5) is 5.64. The molecule has 0 unspecified atom stereocenters. The standard InChI is InChI=1S/C34H56S4Si2/c1-15-17-29-30(18-16-2)36-33(35-29)34-37-31(19-21-39(23(3)4,24(5)6)25(7)8)32(38-34)20-22-40(26(9)10,27(11)12)28(13)14/h23-28H,15-18H2,1-14H3. The maximum Gasteiger partial charge on any atom is 0.146 e. The molecule has 2 aliphatic heterocycles. The molecular formula is C34H56S4Si2. The molecule has 0 aliphatic carbocycles. The molecular weight excluding hydrogens is 593 g/mol. The van der Waals surface area contributed by atoms with Gasteiger partial charge in [0.05, 0.1) is 18.3 Å². The fourth-order valence-electron chi connectivity index (χ4n) is 7.02. The first-order valence-corrected chi connectivity index (χ1v) is 23.4. The van der Waals surface area contributed by atoms with E-state index >= 15 is 0 Å². The summed E-state index contributed by atoms with van der Waals surface area (Å²) >= 11 is 7.92. The van der Waals surface area contributed by atoms with Gasteiger partial charge in [-0.3, -0.25) is 0 Å². The fraction of sp³-hybridized carbons (Fsp3) is 0.706. The number of hydrogen-bond donors (Lipinski definition) is 0. The van der Waals surface area contributed by atoms with Gasteiger partial charge >= 0.3 is 0 Å². The van der Waals surface area contributed by atoms with Crippen LogP contribution in [0, 0.1) is 22.9 Å². The Bertz CT molecular complexity index is 987. The summed E-state index contributed by atoms with van der Waals surface area (Å²) in [6.45, 7) is 33.6. The summed E-state index contributed by atoms with van der Waals surface area (Å²) in [6, 6.07) is 0. The summed E-state index contributed by atoms with van der Waals surface area (Å²) in [5, 5.41) is 0. The highest BCUT2D eigenvalue weighted by Gasteiger charge is 2.43. The summed E-state index contributed by atoms with van der Waals surface area (Å²) in [6.07, 6.45) is 4.82. The number of rotatable bonds is 10. The summed E-state index contributed by atoms with van der Waals surface area (Å²) in [5.41, 5.74) is 11.9. The molecule has 0 bridgehead atoms. The molecule has 6 heteroatoms. The van der Waals surface area contributed by atoms with E-state index in [0.29, 0.717) is 33.2 Å². The van der Waals surface area contributed by atoms with E-state index in [-0.39, 0.29) is 0 Å². The average Bonchev–Trinajstić information content (AvgIpc) is 3.43. The van der Waals surface area contributed by atoms with E-state index in [1.54, 1.807) is 9.81 Å². The molecule has 0 radical (unpaired) electrons. The van der Waals surface area contributed by atoms with Crippen LogP contribution in [0.2, 0.25) is 33.2 Å². The Morgan fingerprint density at radius 2 is 0.750 bits per heavy atom. The third-order valence-electron chi connectivity index (χ3n) is 8.98. The van der Waals surface area contributed by atoms with Crippen LogP contribution in [0.1, 0.15) is 123 Å². The molecule has 0 saturated carbocycles. The molecule has 0 spiro atoms. The largest absolute Gasteiger partial charge is 0.146 e. The lowest BCUT2D eigenvalue weighted by molar-refractivity contribution is 0.838. The molecule has 2 rings (SSSR count). The molecule has 0 amide bonds. The Hall–Kier alpha value is 0.174. The minimum Gasteiger partial charge on any atom is -0.124 e. The molecule has 0 nitrogen and oxygen atoms in total. The van der Waals surface area contributed by atoms with Gasteiger partial charge in [-0.25, -0.2) is 0 Å². The minimum absolute atomic E-state index is 0.633. The van der Waals surface area contributed by atoms with E-state index in [1.807, 2.05) is 47.0 Å². The normalized spacial score (nSPS) is 16.9. The van der Waals surface area contributed by atoms with Crippen LogP contribution in [-0.4, -0.2) is 16.1 Å². The van der Waals surface area contributed by atoms with Gasteiger partial charge in [-0.05, 0) is 46.1 Å². The smallest absolute Gasteiger partial charge is 0.124 e. The minimum atomic E-state index is -1.83. The molecule has 2 aliphatic rings. The third-order valence-corrected chi connectivity index (χ3v) is 27.3. The second kappa shape index (κ2) is 15.8. The second-order valence-corrected chi connectivity index (χ2v) is 29.2. The molecule has 0 fully saturated rings. The molecule has 0 aromatic carbocycles. The highest BCUT2D eigenvalue weighted by Crippen LogP contribution is 2.61. The predicted molar refractivity (Wildman–Crippen MR) is 199 cm³/mol. The van der Waals surface area contributed by atoms with Gasteiger partial charge < -0.3 is 0 Å². The molecule has 0 atom stereocenters. The van der Waals surface area contributed by atoms with Crippen LogP contribution in [0.25, 0.3) is 0 Å². The lowest BCUT2D eigenvalue weighted by atomic mass is 10.2. The van der Waals surface area contributed by atoms with E-state index in [2.05, 4.69) is 120 Å². The zero-order chi connectivity index (χ0) is 30.4. The Kier molecular flexibility index (Phi) is 14.3. The van der Waals surface area contributed by atoms with Crippen molar-refractivity contribution in [2.24, 2.45) is 0 Å². The first-order valence-electron chi connectivity index (χ1n) is 15.7. The van der Waals surface area contributed by atoms with Crippen molar-refractivity contribution in [1.82, 2.24) is 0 Å². The Morgan fingerprint density at radius 3 is 1.00 bits per heavy atom. The Balaban J connectivity index is 2.69. The van der Waals surface area contributed by atoms with Crippen molar-refractivity contribution in [3.8, 4) is 22.9 Å². The molecule has 224 valence electrons. The van der Waals surface area contributed by atoms with Gasteiger partial charge in [0.25, 0.3) is 0 Å². The quantitative estimate of drug-likeness (QED) is 0.171. The van der Waals surface area contributed by atoms with Gasteiger partial charge in [0.2, 0.25) is 0 Å². The van der Waals surface area contributed by atoms with E-state index in [4.69, 9.17) is 0 Å². The number of allylic oxidation sites excluding steroid dienone is 4. The maximum absolute atomic E-state index is 4.03. The van der Waals surface area contributed by atoms with Crippen molar-refractivity contribution in [1.29, 1.82) is 0 Å². The van der Waals surface area contributed by atoms with Gasteiger partial charge in [0.1, 0.15) is 16.1 Å². The van der Waals surface area contributed by atoms with E-state index in [0.717, 1.165) is 0 Å². The number of thioether (sulfide) groups is 4. The van der Waals surface area contributed by atoms with Crippen LogP contribution in [0.3, 0.4) is 0 Å². The first kappa shape index (κ1) is 36.4. The van der Waals surface area contributed by atoms with Crippen molar-refractivity contribution in [3.63, 3.8) is 0 Å². The maximum atomic E-state index is 4.03. The monoisotopic (exact) mass is 648 g/mol. The van der Waals surface area contributed by atoms with E-state index in [1.165, 1.54) is 44.0 Å². The van der Waals surface area contributed by atoms with Gasteiger partial charge in [0, 0.05) is 9.81 Å². The molecule has 0 aromatic rings. The lowest BCUT2D eigenvalue weighted by Crippen LogP contribution is -2.43. The van der Waals surface area contributed by atoms with Crippen LogP contribution in [0.4, 0.5) is 0 Å². The van der Waals surface area contributed by atoms with E-state index < -0.39 is 16.1 Å². The van der Waals surface area contributed by atoms with Crippen LogP contribution < -0.4 is 0 Å². The highest BCUT2D eigenvalue weighted by atomic mass is 32.2. The number of hydrogen-bond acceptors (Lipinski definition) is 4. The van der Waals surface area contributed by atoms with Crippen molar-refractivity contribution in [2.45, 2.75) is 156 Å². The van der Waals surface area contributed by atoms with Crippen LogP contribution in [0.15, 0.2) is 28.1 Å². The Labute approximate surface area is 268 Å². The van der Waals surface area contributed by atoms with Gasteiger partial charge in [-0.15, -0.1) is 11.1 Å². The fourth-order valence-corrected chi connectivity index (χ4v) is 23.2. The van der Waals surface area contributed by atoms with E-state index in [9.17, 15) is 0 Å². The Morgan fingerprint density at radius 1 is 0.475 bits per heavy atom. The second-order valence-electron chi connectivity index (χ2n) is 13.3. The van der Waals surface area contributed by atoms with Crippen molar-refractivity contribution >= 4 is 63.2 Å². The zero-order valence-electron chi connectivity index (χ0n) is 27.9. The topological polar surface area (TPSA) is 0 Å². The summed E-state index contributed by atoms with van der Waals surface area (Å²) in [7, 11) is -3.65. The molecule has 0 aromatic heterocycles. The third kappa shape index (κ3) is 7.81. The van der Waals surface area contributed by atoms with Crippen LogP contribution in [0.5, 0.6) is 0 Å². The first-order chi connectivity index (χ1) is 18.7. The van der Waals surface area contributed by atoms with Crippen molar-refractivity contribution in [2.75, 3.05) is 0 Å². The van der Waals surface area contributed by atoms with Gasteiger partial charge in [-0.1, -0.05) is 169 Å². The zero-order valence-corrected chi connectivity index (χ0v) is 33.2. The SMILES string of the molecule is CCCC1=C(CCC)SC(=C2SC(C#C[Si](C(C)C)(C(C)C)C(C)C)=C(C#C[Si](C(C)C)(C(C)C)C(C)C)S2)S1. The molecule has 40 heavy (non-hydrogen) atoms. The summed E-state index contributed by atoms with van der Waals surface area (Å²) in [5.74, 6) is 7.69. The van der Waals surface area contributed by atoms with Crippen molar-refractivity contribution < 1.29 is 0 Å². The average molecular weight is 649 g/mol.